The summed E-state index contributed by atoms with van der Waals surface area (Å²) < 4.78 is 1.01. The van der Waals surface area contributed by atoms with Gasteiger partial charge < -0.3 is 5.73 Å². The van der Waals surface area contributed by atoms with Gasteiger partial charge in [0.25, 0.3) is 0 Å². The van der Waals surface area contributed by atoms with Crippen LogP contribution in [0.15, 0.2) is 16.6 Å². The maximum absolute atomic E-state index is 6.12. The fourth-order valence-corrected chi connectivity index (χ4v) is 2.80. The van der Waals surface area contributed by atoms with Crippen LogP contribution in [-0.2, 0) is 6.42 Å². The van der Waals surface area contributed by atoms with Crippen molar-refractivity contribution in [2.45, 2.75) is 19.4 Å². The van der Waals surface area contributed by atoms with E-state index >= 15 is 0 Å². The minimum atomic E-state index is 0.144. The molecule has 1 aromatic carbocycles. The molecule has 0 fully saturated rings. The number of halogens is 2. The molecule has 0 radical (unpaired) electrons. The number of benzene rings is 1. The Labute approximate surface area is 91.4 Å². The van der Waals surface area contributed by atoms with Gasteiger partial charge in [-0.1, -0.05) is 34.5 Å². The average molecular weight is 261 g/mol. The Kier molecular flexibility index (Phi) is 2.39. The summed E-state index contributed by atoms with van der Waals surface area (Å²) >= 11 is 9.54. The van der Waals surface area contributed by atoms with Crippen molar-refractivity contribution in [1.82, 2.24) is 0 Å². The molecule has 3 heteroatoms. The largest absolute Gasteiger partial charge is 0.324 e. The van der Waals surface area contributed by atoms with Crippen molar-refractivity contribution >= 4 is 27.5 Å². The molecule has 13 heavy (non-hydrogen) atoms. The van der Waals surface area contributed by atoms with E-state index in [2.05, 4.69) is 28.9 Å². The predicted molar refractivity (Wildman–Crippen MR) is 58.9 cm³/mol. The Morgan fingerprint density at radius 2 is 2.23 bits per heavy atom. The monoisotopic (exact) mass is 259 g/mol. The molecule has 0 aromatic heterocycles. The van der Waals surface area contributed by atoms with Crippen LogP contribution in [0, 0.1) is 5.92 Å². The van der Waals surface area contributed by atoms with Gasteiger partial charge in [0.1, 0.15) is 0 Å². The first-order chi connectivity index (χ1) is 6.09. The maximum atomic E-state index is 6.12. The second-order valence-corrected chi connectivity index (χ2v) is 4.99. The van der Waals surface area contributed by atoms with E-state index in [0.29, 0.717) is 5.92 Å². The quantitative estimate of drug-likeness (QED) is 0.761. The number of nitrogens with two attached hydrogens (primary N) is 1. The van der Waals surface area contributed by atoms with E-state index < -0.39 is 0 Å². The first kappa shape index (κ1) is 9.50. The van der Waals surface area contributed by atoms with Gasteiger partial charge >= 0.3 is 0 Å². The molecule has 1 aromatic rings. The molecular formula is C10H11BrClN. The lowest BCUT2D eigenvalue weighted by atomic mass is 10.0. The summed E-state index contributed by atoms with van der Waals surface area (Å²) in [6.45, 7) is 2.16. The average Bonchev–Trinajstić information content (AvgIpc) is 2.32. The van der Waals surface area contributed by atoms with Gasteiger partial charge in [0, 0.05) is 15.5 Å². The van der Waals surface area contributed by atoms with Crippen LogP contribution in [0.2, 0.25) is 5.02 Å². The highest BCUT2D eigenvalue weighted by Crippen LogP contribution is 2.39. The van der Waals surface area contributed by atoms with Crippen LogP contribution in [-0.4, -0.2) is 0 Å². The number of hydrogen-bond donors (Lipinski definition) is 1. The Morgan fingerprint density at radius 3 is 2.92 bits per heavy atom. The fraction of sp³-hybridized carbons (Fsp3) is 0.400. The van der Waals surface area contributed by atoms with E-state index in [1.54, 1.807) is 0 Å². The van der Waals surface area contributed by atoms with Gasteiger partial charge in [-0.3, -0.25) is 0 Å². The topological polar surface area (TPSA) is 26.0 Å². The molecule has 2 N–H and O–H groups in total. The SMILES string of the molecule is CC1Cc2c(Cl)cc(Br)cc2C1N. The molecule has 0 amide bonds. The van der Waals surface area contributed by atoms with Crippen molar-refractivity contribution in [2.24, 2.45) is 11.7 Å². The Hall–Kier alpha value is -0.0500. The molecule has 0 bridgehead atoms. The maximum Gasteiger partial charge on any atom is 0.0452 e. The second-order valence-electron chi connectivity index (χ2n) is 3.66. The third-order valence-corrected chi connectivity index (χ3v) is 3.49. The lowest BCUT2D eigenvalue weighted by Gasteiger charge is -2.09. The zero-order valence-corrected chi connectivity index (χ0v) is 9.69. The molecule has 0 aliphatic heterocycles. The van der Waals surface area contributed by atoms with Gasteiger partial charge in [0.05, 0.1) is 0 Å². The third kappa shape index (κ3) is 1.51. The van der Waals surface area contributed by atoms with Crippen LogP contribution < -0.4 is 5.73 Å². The van der Waals surface area contributed by atoms with Gasteiger partial charge in [-0.15, -0.1) is 0 Å². The predicted octanol–water partition coefficient (Wildman–Crippen LogP) is 3.29. The van der Waals surface area contributed by atoms with Crippen LogP contribution in [0.1, 0.15) is 24.1 Å². The van der Waals surface area contributed by atoms with Gasteiger partial charge in [-0.25, -0.2) is 0 Å². The van der Waals surface area contributed by atoms with Crippen molar-refractivity contribution in [3.8, 4) is 0 Å². The smallest absolute Gasteiger partial charge is 0.0452 e. The minimum Gasteiger partial charge on any atom is -0.324 e. The van der Waals surface area contributed by atoms with E-state index in [1.165, 1.54) is 11.1 Å². The fourth-order valence-electron chi connectivity index (χ4n) is 1.89. The number of rotatable bonds is 0. The van der Waals surface area contributed by atoms with E-state index in [-0.39, 0.29) is 6.04 Å². The van der Waals surface area contributed by atoms with Crippen molar-refractivity contribution in [2.75, 3.05) is 0 Å². The molecule has 0 saturated carbocycles. The van der Waals surface area contributed by atoms with Crippen LogP contribution in [0.4, 0.5) is 0 Å². The van der Waals surface area contributed by atoms with E-state index in [0.717, 1.165) is 15.9 Å². The summed E-state index contributed by atoms with van der Waals surface area (Å²) in [4.78, 5) is 0. The lowest BCUT2D eigenvalue weighted by Crippen LogP contribution is -2.13. The molecule has 2 atom stereocenters. The summed E-state index contributed by atoms with van der Waals surface area (Å²) in [5, 5.41) is 0.837. The van der Waals surface area contributed by atoms with Crippen molar-refractivity contribution in [1.29, 1.82) is 0 Å². The molecule has 1 aliphatic carbocycles. The lowest BCUT2D eigenvalue weighted by molar-refractivity contribution is 0.513. The summed E-state index contributed by atoms with van der Waals surface area (Å²) in [5.41, 5.74) is 8.48. The zero-order valence-electron chi connectivity index (χ0n) is 7.35. The van der Waals surface area contributed by atoms with E-state index in [4.69, 9.17) is 17.3 Å². The normalized spacial score (nSPS) is 26.2. The Balaban J connectivity index is 2.57. The summed E-state index contributed by atoms with van der Waals surface area (Å²) in [7, 11) is 0. The first-order valence-electron chi connectivity index (χ1n) is 4.33. The first-order valence-corrected chi connectivity index (χ1v) is 5.50. The molecule has 70 valence electrons. The van der Waals surface area contributed by atoms with Crippen molar-refractivity contribution < 1.29 is 0 Å². The van der Waals surface area contributed by atoms with Crippen molar-refractivity contribution in [3.63, 3.8) is 0 Å². The molecule has 0 saturated heterocycles. The van der Waals surface area contributed by atoms with Crippen LogP contribution in [0.5, 0.6) is 0 Å². The van der Waals surface area contributed by atoms with Crippen LogP contribution in [0.3, 0.4) is 0 Å². The summed E-state index contributed by atoms with van der Waals surface area (Å²) in [5.74, 6) is 0.502. The van der Waals surface area contributed by atoms with Gasteiger partial charge in [0.15, 0.2) is 0 Å². The molecule has 1 aliphatic rings. The van der Waals surface area contributed by atoms with Gasteiger partial charge in [-0.05, 0) is 35.6 Å². The summed E-state index contributed by atoms with van der Waals surface area (Å²) in [6.07, 6.45) is 1.00. The van der Waals surface area contributed by atoms with Crippen LogP contribution in [0.25, 0.3) is 0 Å². The zero-order chi connectivity index (χ0) is 9.59. The molecule has 2 unspecified atom stereocenters. The molecular weight excluding hydrogens is 249 g/mol. The van der Waals surface area contributed by atoms with Gasteiger partial charge in [0.2, 0.25) is 0 Å². The highest BCUT2D eigenvalue weighted by molar-refractivity contribution is 9.10. The second kappa shape index (κ2) is 3.26. The number of fused-ring (bicyclic) bond motifs is 1. The highest BCUT2D eigenvalue weighted by atomic mass is 79.9. The molecule has 2 rings (SSSR count). The third-order valence-electron chi connectivity index (χ3n) is 2.69. The molecule has 1 nitrogen and oxygen atoms in total. The van der Waals surface area contributed by atoms with Crippen molar-refractivity contribution in [3.05, 3.63) is 32.8 Å². The standard InChI is InChI=1S/C10H11BrClN/c1-5-2-7-8(10(5)13)3-6(11)4-9(7)12/h3-5,10H,2,13H2,1H3. The Morgan fingerprint density at radius 1 is 1.54 bits per heavy atom. The van der Waals surface area contributed by atoms with E-state index in [1.807, 2.05) is 6.07 Å². The molecule has 0 spiro atoms. The number of hydrogen-bond acceptors (Lipinski definition) is 1. The van der Waals surface area contributed by atoms with Gasteiger partial charge in [-0.2, -0.15) is 0 Å². The van der Waals surface area contributed by atoms with E-state index in [9.17, 15) is 0 Å². The molecule has 0 heterocycles. The Bertz CT molecular complexity index is 351. The minimum absolute atomic E-state index is 0.144. The highest BCUT2D eigenvalue weighted by Gasteiger charge is 2.28. The summed E-state index contributed by atoms with van der Waals surface area (Å²) in [6, 6.07) is 4.16. The van der Waals surface area contributed by atoms with Crippen LogP contribution >= 0.6 is 27.5 Å².